The van der Waals surface area contributed by atoms with Gasteiger partial charge in [0.2, 0.25) is 5.91 Å². The van der Waals surface area contributed by atoms with E-state index < -0.39 is 0 Å². The number of carbonyl (C=O) groups is 1. The third-order valence-corrected chi connectivity index (χ3v) is 3.30. The summed E-state index contributed by atoms with van der Waals surface area (Å²) >= 11 is 0. The monoisotopic (exact) mass is 298 g/mol. The smallest absolute Gasteiger partial charge is 0.241 e. The third kappa shape index (κ3) is 4.81. The molecular formula is C18H22N2O2. The molecule has 0 saturated heterocycles. The van der Waals surface area contributed by atoms with Crippen molar-refractivity contribution >= 4 is 11.6 Å². The van der Waals surface area contributed by atoms with Crippen LogP contribution in [0.4, 0.5) is 5.69 Å². The van der Waals surface area contributed by atoms with Crippen molar-refractivity contribution in [3.63, 3.8) is 0 Å². The van der Waals surface area contributed by atoms with Crippen LogP contribution in [0.5, 0.6) is 5.75 Å². The van der Waals surface area contributed by atoms with Gasteiger partial charge in [-0.1, -0.05) is 30.3 Å². The maximum Gasteiger partial charge on any atom is 0.241 e. The SMILES string of the molecule is CCOc1ccc(CN(C)C(=O)CNc2ccccc2)cc1. The summed E-state index contributed by atoms with van der Waals surface area (Å²) in [6.45, 7) is 3.49. The highest BCUT2D eigenvalue weighted by Gasteiger charge is 2.09. The van der Waals surface area contributed by atoms with Gasteiger partial charge in [-0.25, -0.2) is 0 Å². The number of benzene rings is 2. The second-order valence-corrected chi connectivity index (χ2v) is 5.05. The van der Waals surface area contributed by atoms with Crippen LogP contribution in [0.25, 0.3) is 0 Å². The number of rotatable bonds is 7. The maximum absolute atomic E-state index is 12.1. The summed E-state index contributed by atoms with van der Waals surface area (Å²) < 4.78 is 5.41. The van der Waals surface area contributed by atoms with E-state index in [1.54, 1.807) is 4.90 Å². The van der Waals surface area contributed by atoms with Gasteiger partial charge in [-0.15, -0.1) is 0 Å². The Balaban J connectivity index is 1.83. The lowest BCUT2D eigenvalue weighted by molar-refractivity contribution is -0.128. The molecule has 2 aromatic carbocycles. The average molecular weight is 298 g/mol. The molecule has 0 heterocycles. The lowest BCUT2D eigenvalue weighted by Gasteiger charge is -2.18. The minimum atomic E-state index is 0.0535. The van der Waals surface area contributed by atoms with Gasteiger partial charge in [-0.2, -0.15) is 0 Å². The molecule has 2 rings (SSSR count). The Kier molecular flexibility index (Phi) is 5.83. The van der Waals surface area contributed by atoms with Crippen LogP contribution in [-0.2, 0) is 11.3 Å². The molecular weight excluding hydrogens is 276 g/mol. The molecule has 0 aliphatic heterocycles. The molecule has 4 nitrogen and oxygen atoms in total. The summed E-state index contributed by atoms with van der Waals surface area (Å²) in [6, 6.07) is 17.6. The van der Waals surface area contributed by atoms with E-state index in [2.05, 4.69) is 5.32 Å². The van der Waals surface area contributed by atoms with Gasteiger partial charge in [-0.3, -0.25) is 4.79 Å². The molecule has 0 bridgehead atoms. The number of para-hydroxylation sites is 1. The number of nitrogens with one attached hydrogen (secondary N) is 1. The quantitative estimate of drug-likeness (QED) is 0.853. The van der Waals surface area contributed by atoms with Crippen LogP contribution >= 0.6 is 0 Å². The first-order valence-electron chi connectivity index (χ1n) is 7.43. The summed E-state index contributed by atoms with van der Waals surface area (Å²) in [4.78, 5) is 13.8. The minimum Gasteiger partial charge on any atom is -0.494 e. The van der Waals surface area contributed by atoms with Crippen molar-refractivity contribution in [1.82, 2.24) is 4.90 Å². The van der Waals surface area contributed by atoms with Crippen LogP contribution in [0.1, 0.15) is 12.5 Å². The van der Waals surface area contributed by atoms with E-state index in [4.69, 9.17) is 4.74 Å². The van der Waals surface area contributed by atoms with Gasteiger partial charge in [-0.05, 0) is 36.8 Å². The molecule has 2 aromatic rings. The molecule has 0 spiro atoms. The molecule has 0 aliphatic rings. The fourth-order valence-corrected chi connectivity index (χ4v) is 2.09. The summed E-state index contributed by atoms with van der Waals surface area (Å²) in [5, 5.41) is 3.13. The Morgan fingerprint density at radius 3 is 2.41 bits per heavy atom. The van der Waals surface area contributed by atoms with E-state index in [1.165, 1.54) is 0 Å². The molecule has 0 aliphatic carbocycles. The highest BCUT2D eigenvalue weighted by Crippen LogP contribution is 2.13. The summed E-state index contributed by atoms with van der Waals surface area (Å²) in [6.07, 6.45) is 0. The van der Waals surface area contributed by atoms with Gasteiger partial charge in [0.05, 0.1) is 13.2 Å². The predicted octanol–water partition coefficient (Wildman–Crippen LogP) is 3.16. The highest BCUT2D eigenvalue weighted by atomic mass is 16.5. The van der Waals surface area contributed by atoms with Crippen molar-refractivity contribution in [3.05, 3.63) is 60.2 Å². The Bertz CT molecular complexity index is 582. The topological polar surface area (TPSA) is 41.6 Å². The van der Waals surface area contributed by atoms with Gasteiger partial charge >= 0.3 is 0 Å². The summed E-state index contributed by atoms with van der Waals surface area (Å²) in [7, 11) is 1.81. The molecule has 22 heavy (non-hydrogen) atoms. The van der Waals surface area contributed by atoms with Crippen molar-refractivity contribution in [2.24, 2.45) is 0 Å². The Labute approximate surface area is 131 Å². The minimum absolute atomic E-state index is 0.0535. The molecule has 0 aromatic heterocycles. The zero-order chi connectivity index (χ0) is 15.8. The van der Waals surface area contributed by atoms with E-state index in [0.29, 0.717) is 13.2 Å². The number of likely N-dealkylation sites (N-methyl/N-ethyl adjacent to an activating group) is 1. The van der Waals surface area contributed by atoms with E-state index >= 15 is 0 Å². The number of amides is 1. The van der Waals surface area contributed by atoms with Crippen molar-refractivity contribution in [2.75, 3.05) is 25.5 Å². The van der Waals surface area contributed by atoms with Crippen LogP contribution in [-0.4, -0.2) is 31.0 Å². The van der Waals surface area contributed by atoms with Crippen LogP contribution in [0, 0.1) is 0 Å². The number of anilines is 1. The van der Waals surface area contributed by atoms with Gasteiger partial charge in [0, 0.05) is 19.3 Å². The first kappa shape index (κ1) is 15.9. The van der Waals surface area contributed by atoms with Gasteiger partial charge in [0.25, 0.3) is 0 Å². The zero-order valence-corrected chi connectivity index (χ0v) is 13.1. The zero-order valence-electron chi connectivity index (χ0n) is 13.1. The van der Waals surface area contributed by atoms with Crippen LogP contribution in [0.2, 0.25) is 0 Å². The van der Waals surface area contributed by atoms with Gasteiger partial charge in [0.15, 0.2) is 0 Å². The lowest BCUT2D eigenvalue weighted by Crippen LogP contribution is -2.31. The molecule has 116 valence electrons. The Hall–Kier alpha value is -2.49. The third-order valence-electron chi connectivity index (χ3n) is 3.30. The van der Waals surface area contributed by atoms with E-state index in [-0.39, 0.29) is 12.5 Å². The standard InChI is InChI=1S/C18H22N2O2/c1-3-22-17-11-9-15(10-12-17)14-20(2)18(21)13-19-16-7-5-4-6-8-16/h4-12,19H,3,13-14H2,1-2H3. The van der Waals surface area contributed by atoms with Crippen LogP contribution < -0.4 is 10.1 Å². The van der Waals surface area contributed by atoms with E-state index in [0.717, 1.165) is 17.0 Å². The largest absolute Gasteiger partial charge is 0.494 e. The van der Waals surface area contributed by atoms with Gasteiger partial charge < -0.3 is 15.0 Å². The summed E-state index contributed by atoms with van der Waals surface area (Å²) in [5.41, 5.74) is 2.03. The molecule has 0 fully saturated rings. The van der Waals surface area contributed by atoms with Crippen LogP contribution in [0.15, 0.2) is 54.6 Å². The van der Waals surface area contributed by atoms with Crippen molar-refractivity contribution in [3.8, 4) is 5.75 Å². The number of hydrogen-bond donors (Lipinski definition) is 1. The van der Waals surface area contributed by atoms with Crippen LogP contribution in [0.3, 0.4) is 0 Å². The molecule has 1 amide bonds. The molecule has 0 radical (unpaired) electrons. The fourth-order valence-electron chi connectivity index (χ4n) is 2.09. The molecule has 0 unspecified atom stereocenters. The molecule has 4 heteroatoms. The normalized spacial score (nSPS) is 10.1. The molecule has 1 N–H and O–H groups in total. The fraction of sp³-hybridized carbons (Fsp3) is 0.278. The van der Waals surface area contributed by atoms with E-state index in [9.17, 15) is 4.79 Å². The number of carbonyl (C=O) groups excluding carboxylic acids is 1. The predicted molar refractivity (Wildman–Crippen MR) is 89.0 cm³/mol. The number of nitrogens with zero attached hydrogens (tertiary/aromatic N) is 1. The van der Waals surface area contributed by atoms with Crippen molar-refractivity contribution in [1.29, 1.82) is 0 Å². The summed E-state index contributed by atoms with van der Waals surface area (Å²) in [5.74, 6) is 0.906. The molecule has 0 saturated carbocycles. The average Bonchev–Trinajstić information content (AvgIpc) is 2.55. The first-order chi connectivity index (χ1) is 10.7. The van der Waals surface area contributed by atoms with E-state index in [1.807, 2.05) is 68.6 Å². The number of hydrogen-bond acceptors (Lipinski definition) is 3. The van der Waals surface area contributed by atoms with Crippen molar-refractivity contribution < 1.29 is 9.53 Å². The number of ether oxygens (including phenoxy) is 1. The Morgan fingerprint density at radius 2 is 1.77 bits per heavy atom. The molecule has 0 atom stereocenters. The van der Waals surface area contributed by atoms with Gasteiger partial charge in [0.1, 0.15) is 5.75 Å². The Morgan fingerprint density at radius 1 is 1.09 bits per heavy atom. The highest BCUT2D eigenvalue weighted by molar-refractivity contribution is 5.80. The second kappa shape index (κ2) is 8.08. The maximum atomic E-state index is 12.1. The van der Waals surface area contributed by atoms with Crippen molar-refractivity contribution in [2.45, 2.75) is 13.5 Å². The lowest BCUT2D eigenvalue weighted by atomic mass is 10.2. The second-order valence-electron chi connectivity index (χ2n) is 5.05. The first-order valence-corrected chi connectivity index (χ1v) is 7.43.